The summed E-state index contributed by atoms with van der Waals surface area (Å²) in [5.74, 6) is 0.715. The van der Waals surface area contributed by atoms with Gasteiger partial charge in [0.15, 0.2) is 0 Å². The smallest absolute Gasteiger partial charge is 0.0323 e. The molecule has 2 rings (SSSR count). The molecule has 1 heteroatoms. The molecule has 0 saturated heterocycles. The van der Waals surface area contributed by atoms with Crippen molar-refractivity contribution in [2.75, 3.05) is 0 Å². The van der Waals surface area contributed by atoms with E-state index in [-0.39, 0.29) is 6.04 Å². The van der Waals surface area contributed by atoms with Crippen molar-refractivity contribution >= 4 is 0 Å². The van der Waals surface area contributed by atoms with E-state index in [9.17, 15) is 0 Å². The number of rotatable bonds is 2. The Balaban J connectivity index is 2.17. The van der Waals surface area contributed by atoms with Gasteiger partial charge < -0.3 is 5.73 Å². The third kappa shape index (κ3) is 2.23. The molecule has 0 amide bonds. The number of nitrogens with two attached hydrogens (primary N) is 1. The number of hydrogen-bond donors (Lipinski definition) is 1. The predicted molar refractivity (Wildman–Crippen MR) is 64.8 cm³/mol. The van der Waals surface area contributed by atoms with Crippen LogP contribution in [0.3, 0.4) is 0 Å². The Morgan fingerprint density at radius 1 is 1.13 bits per heavy atom. The predicted octanol–water partition coefficient (Wildman–Crippen LogP) is 3.49. The molecule has 1 atom stereocenters. The topological polar surface area (TPSA) is 26.0 Å². The lowest BCUT2D eigenvalue weighted by Crippen LogP contribution is -2.19. The first-order valence-electron chi connectivity index (χ1n) is 6.01. The van der Waals surface area contributed by atoms with Crippen LogP contribution in [0, 0.1) is 19.8 Å². The highest BCUT2D eigenvalue weighted by atomic mass is 14.7. The Kier molecular flexibility index (Phi) is 3.11. The monoisotopic (exact) mass is 203 g/mol. The van der Waals surface area contributed by atoms with Gasteiger partial charge in [0, 0.05) is 6.04 Å². The van der Waals surface area contributed by atoms with Crippen LogP contribution in [0.25, 0.3) is 0 Å². The van der Waals surface area contributed by atoms with Crippen LogP contribution >= 0.6 is 0 Å². The minimum atomic E-state index is 0.256. The normalized spacial score (nSPS) is 19.4. The number of aryl methyl sites for hydroxylation is 2. The Hall–Kier alpha value is -0.820. The summed E-state index contributed by atoms with van der Waals surface area (Å²) < 4.78 is 0. The van der Waals surface area contributed by atoms with Gasteiger partial charge in [0.25, 0.3) is 0 Å². The third-order valence-electron chi connectivity index (χ3n) is 3.82. The van der Waals surface area contributed by atoms with E-state index in [2.05, 4.69) is 32.0 Å². The molecule has 0 aromatic heterocycles. The summed E-state index contributed by atoms with van der Waals surface area (Å²) >= 11 is 0. The minimum absolute atomic E-state index is 0.256. The Labute approximate surface area is 92.7 Å². The zero-order chi connectivity index (χ0) is 10.8. The van der Waals surface area contributed by atoms with E-state index < -0.39 is 0 Å². The first kappa shape index (κ1) is 10.7. The van der Waals surface area contributed by atoms with Crippen LogP contribution in [0.15, 0.2) is 18.2 Å². The number of benzene rings is 1. The van der Waals surface area contributed by atoms with Crippen LogP contribution in [-0.2, 0) is 0 Å². The summed E-state index contributed by atoms with van der Waals surface area (Å²) in [6, 6.07) is 6.91. The molecule has 0 radical (unpaired) electrons. The molecular formula is C14H21N. The van der Waals surface area contributed by atoms with E-state index in [1.165, 1.54) is 42.4 Å². The first-order valence-corrected chi connectivity index (χ1v) is 6.01. The Morgan fingerprint density at radius 3 is 2.40 bits per heavy atom. The summed E-state index contributed by atoms with van der Waals surface area (Å²) in [4.78, 5) is 0. The van der Waals surface area contributed by atoms with Gasteiger partial charge in [0.2, 0.25) is 0 Å². The molecule has 2 N–H and O–H groups in total. The SMILES string of the molecule is Cc1ccc(C(N)C2CCCC2)cc1C. The summed E-state index contributed by atoms with van der Waals surface area (Å²) in [7, 11) is 0. The zero-order valence-corrected chi connectivity index (χ0v) is 9.79. The van der Waals surface area contributed by atoms with Crippen LogP contribution in [-0.4, -0.2) is 0 Å². The molecule has 15 heavy (non-hydrogen) atoms. The van der Waals surface area contributed by atoms with E-state index in [0.717, 1.165) is 0 Å². The highest BCUT2D eigenvalue weighted by molar-refractivity contribution is 5.31. The standard InChI is InChI=1S/C14H21N/c1-10-7-8-13(9-11(10)2)14(15)12-5-3-4-6-12/h7-9,12,14H,3-6,15H2,1-2H3. The van der Waals surface area contributed by atoms with Crippen molar-refractivity contribution in [1.82, 2.24) is 0 Å². The molecule has 1 unspecified atom stereocenters. The molecular weight excluding hydrogens is 182 g/mol. The van der Waals surface area contributed by atoms with E-state index in [1.807, 2.05) is 0 Å². The first-order chi connectivity index (χ1) is 7.18. The number of hydrogen-bond acceptors (Lipinski definition) is 1. The second kappa shape index (κ2) is 4.36. The molecule has 1 aromatic rings. The van der Waals surface area contributed by atoms with Crippen molar-refractivity contribution in [3.8, 4) is 0 Å². The summed E-state index contributed by atoms with van der Waals surface area (Å²) in [5.41, 5.74) is 10.4. The molecule has 0 heterocycles. The van der Waals surface area contributed by atoms with Crippen molar-refractivity contribution in [1.29, 1.82) is 0 Å². The molecule has 1 aliphatic carbocycles. The highest BCUT2D eigenvalue weighted by Gasteiger charge is 2.23. The molecule has 1 aliphatic rings. The van der Waals surface area contributed by atoms with Crippen molar-refractivity contribution < 1.29 is 0 Å². The average Bonchev–Trinajstić information content (AvgIpc) is 2.74. The second-order valence-electron chi connectivity index (χ2n) is 4.91. The average molecular weight is 203 g/mol. The van der Waals surface area contributed by atoms with Crippen LogP contribution in [0.2, 0.25) is 0 Å². The minimum Gasteiger partial charge on any atom is -0.324 e. The van der Waals surface area contributed by atoms with E-state index >= 15 is 0 Å². The van der Waals surface area contributed by atoms with Crippen LogP contribution in [0.1, 0.15) is 48.4 Å². The molecule has 0 bridgehead atoms. The fraction of sp³-hybridized carbons (Fsp3) is 0.571. The van der Waals surface area contributed by atoms with Crippen LogP contribution in [0.5, 0.6) is 0 Å². The van der Waals surface area contributed by atoms with Crippen molar-refractivity contribution in [3.05, 3.63) is 34.9 Å². The van der Waals surface area contributed by atoms with E-state index in [1.54, 1.807) is 0 Å². The molecule has 1 nitrogen and oxygen atoms in total. The maximum absolute atomic E-state index is 6.32. The summed E-state index contributed by atoms with van der Waals surface area (Å²) in [5, 5.41) is 0. The van der Waals surface area contributed by atoms with Gasteiger partial charge in [-0.25, -0.2) is 0 Å². The fourth-order valence-corrected chi connectivity index (χ4v) is 2.56. The second-order valence-corrected chi connectivity index (χ2v) is 4.91. The van der Waals surface area contributed by atoms with Crippen molar-refractivity contribution in [2.45, 2.75) is 45.6 Å². The van der Waals surface area contributed by atoms with E-state index in [4.69, 9.17) is 5.73 Å². The van der Waals surface area contributed by atoms with Gasteiger partial charge in [-0.05, 0) is 49.3 Å². The largest absolute Gasteiger partial charge is 0.324 e. The van der Waals surface area contributed by atoms with Gasteiger partial charge in [-0.3, -0.25) is 0 Å². The fourth-order valence-electron chi connectivity index (χ4n) is 2.56. The summed E-state index contributed by atoms with van der Waals surface area (Å²) in [6.45, 7) is 4.32. The summed E-state index contributed by atoms with van der Waals surface area (Å²) in [6.07, 6.45) is 5.36. The van der Waals surface area contributed by atoms with Crippen molar-refractivity contribution in [2.24, 2.45) is 11.7 Å². The molecule has 1 fully saturated rings. The zero-order valence-electron chi connectivity index (χ0n) is 9.79. The quantitative estimate of drug-likeness (QED) is 0.782. The van der Waals surface area contributed by atoms with Gasteiger partial charge in [0.05, 0.1) is 0 Å². The molecule has 1 aromatic carbocycles. The maximum atomic E-state index is 6.32. The lowest BCUT2D eigenvalue weighted by atomic mass is 9.91. The van der Waals surface area contributed by atoms with Gasteiger partial charge in [-0.2, -0.15) is 0 Å². The highest BCUT2D eigenvalue weighted by Crippen LogP contribution is 2.34. The Bertz CT molecular complexity index is 337. The van der Waals surface area contributed by atoms with Gasteiger partial charge in [-0.1, -0.05) is 31.0 Å². The van der Waals surface area contributed by atoms with E-state index in [0.29, 0.717) is 5.92 Å². The lowest BCUT2D eigenvalue weighted by Gasteiger charge is -2.20. The Morgan fingerprint density at radius 2 is 1.80 bits per heavy atom. The van der Waals surface area contributed by atoms with Gasteiger partial charge in [-0.15, -0.1) is 0 Å². The molecule has 0 aliphatic heterocycles. The maximum Gasteiger partial charge on any atom is 0.0323 e. The molecule has 1 saturated carbocycles. The lowest BCUT2D eigenvalue weighted by molar-refractivity contribution is 0.445. The van der Waals surface area contributed by atoms with Crippen LogP contribution in [0.4, 0.5) is 0 Å². The van der Waals surface area contributed by atoms with Crippen molar-refractivity contribution in [3.63, 3.8) is 0 Å². The van der Waals surface area contributed by atoms with Gasteiger partial charge >= 0.3 is 0 Å². The molecule has 0 spiro atoms. The van der Waals surface area contributed by atoms with Crippen LogP contribution < -0.4 is 5.73 Å². The molecule has 82 valence electrons. The third-order valence-corrected chi connectivity index (χ3v) is 3.82. The van der Waals surface area contributed by atoms with Gasteiger partial charge in [0.1, 0.15) is 0 Å².